The van der Waals surface area contributed by atoms with Crippen LogP contribution in [-0.2, 0) is 19.6 Å². The largest absolute Gasteiger partial charge is 0.382 e. The average molecular weight is 304 g/mol. The zero-order valence-electron chi connectivity index (χ0n) is 11.4. The van der Waals surface area contributed by atoms with Crippen molar-refractivity contribution in [2.24, 2.45) is 0 Å². The van der Waals surface area contributed by atoms with Crippen LogP contribution in [0.15, 0.2) is 17.0 Å². The summed E-state index contributed by atoms with van der Waals surface area (Å²) in [6.07, 6.45) is 0. The zero-order valence-corrected chi connectivity index (χ0v) is 12.2. The normalized spacial score (nSPS) is 11.6. The van der Waals surface area contributed by atoms with E-state index in [1.807, 2.05) is 4.89 Å². The van der Waals surface area contributed by atoms with E-state index in [4.69, 9.17) is 9.57 Å². The third-order valence-electron chi connectivity index (χ3n) is 2.68. The molecule has 112 valence electrons. The van der Waals surface area contributed by atoms with Crippen LogP contribution in [0.5, 0.6) is 0 Å². The summed E-state index contributed by atoms with van der Waals surface area (Å²) < 4.78 is 28.6. The Bertz CT molecular complexity index is 599. The van der Waals surface area contributed by atoms with Gasteiger partial charge in [-0.05, 0) is 25.5 Å². The van der Waals surface area contributed by atoms with Crippen LogP contribution in [0.3, 0.4) is 0 Å². The van der Waals surface area contributed by atoms with Gasteiger partial charge in [0.25, 0.3) is 15.7 Å². The van der Waals surface area contributed by atoms with Crippen molar-refractivity contribution in [3.05, 3.63) is 33.4 Å². The molecule has 0 aliphatic heterocycles. The first kappa shape index (κ1) is 16.5. The molecule has 0 saturated heterocycles. The van der Waals surface area contributed by atoms with Crippen LogP contribution in [0.1, 0.15) is 11.1 Å². The van der Waals surface area contributed by atoms with Crippen LogP contribution in [0.4, 0.5) is 5.69 Å². The van der Waals surface area contributed by atoms with Crippen molar-refractivity contribution in [3.8, 4) is 0 Å². The molecule has 8 nitrogen and oxygen atoms in total. The lowest BCUT2D eigenvalue weighted by Crippen LogP contribution is -2.26. The second-order valence-electron chi connectivity index (χ2n) is 4.07. The third kappa shape index (κ3) is 3.97. The van der Waals surface area contributed by atoms with Gasteiger partial charge in [0.15, 0.2) is 0 Å². The van der Waals surface area contributed by atoms with Crippen molar-refractivity contribution in [3.63, 3.8) is 0 Å². The summed E-state index contributed by atoms with van der Waals surface area (Å²) in [5.41, 5.74) is 0.688. The molecule has 1 aromatic rings. The van der Waals surface area contributed by atoms with Crippen LogP contribution >= 0.6 is 0 Å². The monoisotopic (exact) mass is 304 g/mol. The number of ether oxygens (including phenoxy) is 1. The van der Waals surface area contributed by atoms with Gasteiger partial charge in [0, 0.05) is 18.7 Å². The van der Waals surface area contributed by atoms with Gasteiger partial charge in [0.1, 0.15) is 0 Å². The van der Waals surface area contributed by atoms with Gasteiger partial charge in [-0.2, -0.15) is 0 Å². The van der Waals surface area contributed by atoms with E-state index < -0.39 is 14.9 Å². The SMILES string of the molecule is COCCONS(=O)(=O)c1cc(C)c(C)c([N+](=O)[O-])c1. The summed E-state index contributed by atoms with van der Waals surface area (Å²) in [7, 11) is -2.52. The van der Waals surface area contributed by atoms with E-state index in [9.17, 15) is 18.5 Å². The first-order chi connectivity index (χ1) is 9.29. The van der Waals surface area contributed by atoms with Crippen molar-refractivity contribution in [1.82, 2.24) is 4.89 Å². The second-order valence-corrected chi connectivity index (χ2v) is 5.71. The molecule has 0 heterocycles. The molecule has 0 radical (unpaired) electrons. The molecule has 0 aliphatic carbocycles. The summed E-state index contributed by atoms with van der Waals surface area (Å²) in [5.74, 6) is 0. The van der Waals surface area contributed by atoms with Gasteiger partial charge in [0.05, 0.1) is 23.0 Å². The predicted octanol–water partition coefficient (Wildman–Crippen LogP) is 1.07. The van der Waals surface area contributed by atoms with Gasteiger partial charge in [-0.25, -0.2) is 8.42 Å². The highest BCUT2D eigenvalue weighted by molar-refractivity contribution is 7.89. The molecule has 0 aliphatic rings. The van der Waals surface area contributed by atoms with E-state index in [0.717, 1.165) is 6.07 Å². The number of benzene rings is 1. The van der Waals surface area contributed by atoms with Crippen molar-refractivity contribution in [2.75, 3.05) is 20.3 Å². The Kier molecular flexibility index (Phi) is 5.57. The molecule has 20 heavy (non-hydrogen) atoms. The maximum atomic E-state index is 11.9. The number of nitrogens with one attached hydrogen (secondary N) is 1. The molecule has 0 aromatic heterocycles. The van der Waals surface area contributed by atoms with Gasteiger partial charge in [-0.1, -0.05) is 4.89 Å². The number of aryl methyl sites for hydroxylation is 1. The lowest BCUT2D eigenvalue weighted by atomic mass is 10.1. The summed E-state index contributed by atoms with van der Waals surface area (Å²) in [4.78, 5) is 16.7. The Balaban J connectivity index is 3.04. The zero-order chi connectivity index (χ0) is 15.3. The maximum absolute atomic E-state index is 11.9. The van der Waals surface area contributed by atoms with Gasteiger partial charge in [-0.3, -0.25) is 15.0 Å². The summed E-state index contributed by atoms with van der Waals surface area (Å²) in [5, 5.41) is 10.9. The molecule has 0 spiro atoms. The Morgan fingerprint density at radius 3 is 2.50 bits per heavy atom. The predicted molar refractivity (Wildman–Crippen MR) is 70.7 cm³/mol. The van der Waals surface area contributed by atoms with Gasteiger partial charge in [-0.15, -0.1) is 0 Å². The summed E-state index contributed by atoms with van der Waals surface area (Å²) in [6, 6.07) is 2.36. The quantitative estimate of drug-likeness (QED) is 0.458. The van der Waals surface area contributed by atoms with Crippen molar-refractivity contribution < 1.29 is 22.9 Å². The van der Waals surface area contributed by atoms with E-state index in [-0.39, 0.29) is 23.8 Å². The molecule has 0 unspecified atom stereocenters. The maximum Gasteiger partial charge on any atom is 0.273 e. The summed E-state index contributed by atoms with van der Waals surface area (Å²) >= 11 is 0. The number of nitro benzene ring substituents is 1. The number of nitrogens with zero attached hydrogens (tertiary/aromatic N) is 1. The number of nitro groups is 1. The minimum atomic E-state index is -3.97. The molecular formula is C11H16N2O6S. The lowest BCUT2D eigenvalue weighted by Gasteiger charge is -2.09. The van der Waals surface area contributed by atoms with Gasteiger partial charge in [0.2, 0.25) is 0 Å². The first-order valence-corrected chi connectivity index (χ1v) is 7.16. The number of methoxy groups -OCH3 is 1. The fraction of sp³-hybridized carbons (Fsp3) is 0.455. The number of rotatable bonds is 7. The highest BCUT2D eigenvalue weighted by Crippen LogP contribution is 2.25. The van der Waals surface area contributed by atoms with E-state index in [1.165, 1.54) is 13.2 Å². The van der Waals surface area contributed by atoms with Gasteiger partial charge >= 0.3 is 0 Å². The highest BCUT2D eigenvalue weighted by atomic mass is 32.2. The molecule has 0 saturated carbocycles. The molecule has 0 amide bonds. The Labute approximate surface area is 116 Å². The topological polar surface area (TPSA) is 108 Å². The summed E-state index contributed by atoms with van der Waals surface area (Å²) in [6.45, 7) is 3.41. The van der Waals surface area contributed by atoms with Crippen LogP contribution in [0.25, 0.3) is 0 Å². The molecule has 1 rings (SSSR count). The fourth-order valence-corrected chi connectivity index (χ4v) is 2.38. The molecule has 9 heteroatoms. The number of hydrogen-bond acceptors (Lipinski definition) is 6. The Hall–Kier alpha value is -1.55. The molecule has 1 aromatic carbocycles. The smallest absolute Gasteiger partial charge is 0.273 e. The van der Waals surface area contributed by atoms with E-state index in [1.54, 1.807) is 13.8 Å². The van der Waals surface area contributed by atoms with Crippen LogP contribution in [0, 0.1) is 24.0 Å². The highest BCUT2D eigenvalue weighted by Gasteiger charge is 2.21. The first-order valence-electron chi connectivity index (χ1n) is 5.67. The van der Waals surface area contributed by atoms with Crippen molar-refractivity contribution in [1.29, 1.82) is 0 Å². The number of sulfonamides is 1. The number of hydrogen-bond donors (Lipinski definition) is 1. The van der Waals surface area contributed by atoms with Gasteiger partial charge < -0.3 is 4.74 Å². The van der Waals surface area contributed by atoms with E-state index in [2.05, 4.69) is 0 Å². The Morgan fingerprint density at radius 1 is 1.30 bits per heavy atom. The average Bonchev–Trinajstić information content (AvgIpc) is 2.37. The molecule has 0 bridgehead atoms. The van der Waals surface area contributed by atoms with Crippen molar-refractivity contribution >= 4 is 15.7 Å². The second kappa shape index (κ2) is 6.75. The minimum absolute atomic E-state index is 0.0304. The molecule has 0 atom stereocenters. The standard InChI is InChI=1S/C11H16N2O6S/c1-8-6-10(7-11(9(8)2)13(14)15)20(16,17)12-19-5-4-18-3/h6-7,12H,4-5H2,1-3H3. The molecule has 1 N–H and O–H groups in total. The Morgan fingerprint density at radius 2 is 1.95 bits per heavy atom. The van der Waals surface area contributed by atoms with Crippen LogP contribution < -0.4 is 4.89 Å². The minimum Gasteiger partial charge on any atom is -0.382 e. The third-order valence-corrected chi connectivity index (χ3v) is 3.87. The van der Waals surface area contributed by atoms with E-state index >= 15 is 0 Å². The van der Waals surface area contributed by atoms with Crippen molar-refractivity contribution in [2.45, 2.75) is 18.7 Å². The van der Waals surface area contributed by atoms with E-state index in [0.29, 0.717) is 11.1 Å². The fourth-order valence-electron chi connectivity index (χ4n) is 1.45. The van der Waals surface area contributed by atoms with Crippen LogP contribution in [0.2, 0.25) is 0 Å². The molecule has 0 fully saturated rings. The lowest BCUT2D eigenvalue weighted by molar-refractivity contribution is -0.385. The molecular weight excluding hydrogens is 288 g/mol. The van der Waals surface area contributed by atoms with Crippen LogP contribution in [-0.4, -0.2) is 33.7 Å².